The number of amides is 2. The molecule has 1 saturated heterocycles. The van der Waals surface area contributed by atoms with E-state index in [1.54, 1.807) is 6.08 Å². The average Bonchev–Trinajstić information content (AvgIpc) is 2.96. The van der Waals surface area contributed by atoms with Crippen molar-refractivity contribution in [3.8, 4) is 0 Å². The van der Waals surface area contributed by atoms with E-state index in [0.29, 0.717) is 6.54 Å². The highest BCUT2D eigenvalue weighted by Gasteiger charge is 2.42. The highest BCUT2D eigenvalue weighted by molar-refractivity contribution is 8.15. The van der Waals surface area contributed by atoms with Crippen LogP contribution in [0.15, 0.2) is 48.0 Å². The maximum absolute atomic E-state index is 13.2. The van der Waals surface area contributed by atoms with Crippen LogP contribution in [0.4, 0.5) is 5.69 Å². The van der Waals surface area contributed by atoms with Crippen molar-refractivity contribution in [1.29, 1.82) is 0 Å². The monoisotopic (exact) mass is 399 g/mol. The Hall–Kier alpha value is -2.08. The largest absolute Gasteiger partial charge is 0.326 e. The highest BCUT2D eigenvalue weighted by Crippen LogP contribution is 2.35. The van der Waals surface area contributed by atoms with Gasteiger partial charge < -0.3 is 5.32 Å². The molecule has 0 unspecified atom stereocenters. The summed E-state index contributed by atoms with van der Waals surface area (Å²) in [6.07, 6.45) is 9.97. The molecule has 6 heteroatoms. The van der Waals surface area contributed by atoms with Gasteiger partial charge >= 0.3 is 0 Å². The topological polar surface area (TPSA) is 61.8 Å². The zero-order valence-electron chi connectivity index (χ0n) is 16.3. The zero-order chi connectivity index (χ0) is 19.8. The summed E-state index contributed by atoms with van der Waals surface area (Å²) in [5.41, 5.74) is 0.750. The van der Waals surface area contributed by atoms with Crippen LogP contribution in [-0.2, 0) is 9.59 Å². The molecule has 0 aromatic heterocycles. The van der Waals surface area contributed by atoms with Crippen molar-refractivity contribution < 1.29 is 9.59 Å². The molecule has 150 valence electrons. The minimum Gasteiger partial charge on any atom is -0.326 e. The van der Waals surface area contributed by atoms with Gasteiger partial charge in [-0.1, -0.05) is 68.1 Å². The molecule has 1 heterocycles. The number of rotatable bonds is 6. The predicted octanol–water partition coefficient (Wildman–Crippen LogP) is 4.61. The number of anilines is 1. The molecular formula is C22H29N3O2S. The van der Waals surface area contributed by atoms with Crippen molar-refractivity contribution in [2.24, 2.45) is 4.99 Å². The van der Waals surface area contributed by atoms with Crippen molar-refractivity contribution >= 4 is 34.4 Å². The Bertz CT molecular complexity index is 712. The number of benzene rings is 1. The fourth-order valence-electron chi connectivity index (χ4n) is 3.80. The van der Waals surface area contributed by atoms with Gasteiger partial charge in [0.15, 0.2) is 5.17 Å². The summed E-state index contributed by atoms with van der Waals surface area (Å²) >= 11 is 1.43. The van der Waals surface area contributed by atoms with E-state index < -0.39 is 5.25 Å². The third-order valence-electron chi connectivity index (χ3n) is 5.19. The molecule has 2 amide bonds. The molecule has 2 fully saturated rings. The molecule has 1 aliphatic heterocycles. The first-order valence-electron chi connectivity index (χ1n) is 10.2. The van der Waals surface area contributed by atoms with Gasteiger partial charge in [0, 0.05) is 18.2 Å². The van der Waals surface area contributed by atoms with Gasteiger partial charge in [0.2, 0.25) is 11.8 Å². The summed E-state index contributed by atoms with van der Waals surface area (Å²) < 4.78 is 0. The van der Waals surface area contributed by atoms with Crippen LogP contribution in [0, 0.1) is 0 Å². The number of carbonyl (C=O) groups excluding carboxylic acids is 2. The maximum Gasteiger partial charge on any atom is 0.242 e. The quantitative estimate of drug-likeness (QED) is 0.710. The molecule has 1 aliphatic carbocycles. The maximum atomic E-state index is 13.2. The fourth-order valence-corrected chi connectivity index (χ4v) is 5.00. The summed E-state index contributed by atoms with van der Waals surface area (Å²) in [5, 5.41) is 3.23. The predicted molar refractivity (Wildman–Crippen MR) is 117 cm³/mol. The molecule has 0 radical (unpaired) electrons. The molecule has 28 heavy (non-hydrogen) atoms. The minimum absolute atomic E-state index is 0.0293. The Balaban J connectivity index is 1.69. The molecule has 1 aromatic rings. The number of amidine groups is 1. The number of para-hydroxylation sites is 1. The zero-order valence-corrected chi connectivity index (χ0v) is 17.1. The molecule has 0 spiro atoms. The Labute approximate surface area is 171 Å². The van der Waals surface area contributed by atoms with Gasteiger partial charge in [-0.25, -0.2) is 0 Å². The summed E-state index contributed by atoms with van der Waals surface area (Å²) in [6, 6.07) is 9.55. The lowest BCUT2D eigenvalue weighted by molar-refractivity contribution is -0.129. The van der Waals surface area contributed by atoms with E-state index in [0.717, 1.165) is 36.5 Å². The highest BCUT2D eigenvalue weighted by atomic mass is 32.2. The Morgan fingerprint density at radius 1 is 1.18 bits per heavy atom. The molecule has 1 aromatic carbocycles. The van der Waals surface area contributed by atoms with Crippen LogP contribution in [0.2, 0.25) is 0 Å². The lowest BCUT2D eigenvalue weighted by atomic mass is 9.95. The average molecular weight is 400 g/mol. The van der Waals surface area contributed by atoms with Crippen LogP contribution in [0.1, 0.15) is 51.4 Å². The molecule has 1 saturated carbocycles. The van der Waals surface area contributed by atoms with Gasteiger partial charge in [0.05, 0.1) is 6.54 Å². The Morgan fingerprint density at radius 3 is 2.54 bits per heavy atom. The summed E-state index contributed by atoms with van der Waals surface area (Å²) in [5.74, 6) is -0.110. The van der Waals surface area contributed by atoms with Crippen molar-refractivity contribution in [1.82, 2.24) is 4.90 Å². The van der Waals surface area contributed by atoms with Crippen LogP contribution in [0.3, 0.4) is 0 Å². The van der Waals surface area contributed by atoms with Gasteiger partial charge in [0.1, 0.15) is 5.25 Å². The van der Waals surface area contributed by atoms with E-state index in [1.165, 1.54) is 31.0 Å². The van der Waals surface area contributed by atoms with Crippen LogP contribution >= 0.6 is 11.8 Å². The van der Waals surface area contributed by atoms with Gasteiger partial charge in [-0.15, -0.1) is 6.58 Å². The first kappa shape index (κ1) is 20.6. The van der Waals surface area contributed by atoms with Gasteiger partial charge in [-0.3, -0.25) is 19.5 Å². The number of aliphatic imine (C=N–C) groups is 1. The van der Waals surface area contributed by atoms with Crippen LogP contribution in [0.5, 0.6) is 0 Å². The number of thioether (sulfide) groups is 1. The van der Waals surface area contributed by atoms with Gasteiger partial charge in [-0.2, -0.15) is 0 Å². The van der Waals surface area contributed by atoms with Crippen LogP contribution in [-0.4, -0.2) is 39.7 Å². The van der Waals surface area contributed by atoms with E-state index in [4.69, 9.17) is 0 Å². The van der Waals surface area contributed by atoms with E-state index in [9.17, 15) is 9.59 Å². The second-order valence-electron chi connectivity index (χ2n) is 7.34. The third-order valence-corrected chi connectivity index (χ3v) is 6.38. The molecule has 1 N–H and O–H groups in total. The number of hydrogen-bond donors (Lipinski definition) is 1. The van der Waals surface area contributed by atoms with Gasteiger partial charge in [-0.05, 0) is 25.0 Å². The summed E-state index contributed by atoms with van der Waals surface area (Å²) in [6.45, 7) is 4.22. The molecular weight excluding hydrogens is 370 g/mol. The van der Waals surface area contributed by atoms with Crippen molar-refractivity contribution in [3.63, 3.8) is 0 Å². The molecule has 5 nitrogen and oxygen atoms in total. The Morgan fingerprint density at radius 2 is 1.86 bits per heavy atom. The normalized spacial score (nSPS) is 22.7. The summed E-state index contributed by atoms with van der Waals surface area (Å²) in [7, 11) is 0. The Kier molecular flexibility index (Phi) is 7.71. The molecule has 2 aliphatic rings. The van der Waals surface area contributed by atoms with Crippen LogP contribution in [0.25, 0.3) is 0 Å². The third kappa shape index (κ3) is 5.47. The second kappa shape index (κ2) is 10.5. The van der Waals surface area contributed by atoms with Crippen molar-refractivity contribution in [3.05, 3.63) is 43.0 Å². The first-order valence-corrected chi connectivity index (χ1v) is 11.1. The lowest BCUT2D eigenvalue weighted by Gasteiger charge is -2.29. The second-order valence-corrected chi connectivity index (χ2v) is 8.51. The number of hydrogen-bond acceptors (Lipinski definition) is 4. The first-order chi connectivity index (χ1) is 13.7. The van der Waals surface area contributed by atoms with Crippen molar-refractivity contribution in [2.75, 3.05) is 11.9 Å². The number of nitrogens with zero attached hydrogens (tertiary/aromatic N) is 2. The minimum atomic E-state index is -0.405. The van der Waals surface area contributed by atoms with E-state index in [2.05, 4.69) is 16.9 Å². The fraction of sp³-hybridized carbons (Fsp3) is 0.500. The van der Waals surface area contributed by atoms with E-state index >= 15 is 0 Å². The number of nitrogens with one attached hydrogen (secondary N) is 1. The standard InChI is InChI=1S/C22H29N3O2S/c1-2-15-23-22-25(18-13-9-4-3-5-10-14-18)21(27)19(28-22)16-20(26)24-17-11-7-6-8-12-17/h2,6-8,11-12,18-19H,1,3-5,9-10,13-16H2,(H,24,26)/t19-/m0/s1. The molecule has 0 bridgehead atoms. The SMILES string of the molecule is C=CCN=C1S[C@@H](CC(=O)Nc2ccccc2)C(=O)N1C1CCCCCCC1. The molecule has 1 atom stereocenters. The van der Waals surface area contributed by atoms with E-state index in [-0.39, 0.29) is 24.3 Å². The smallest absolute Gasteiger partial charge is 0.242 e. The summed E-state index contributed by atoms with van der Waals surface area (Å²) in [4.78, 5) is 32.1. The number of carbonyl (C=O) groups is 2. The molecule has 3 rings (SSSR count). The van der Waals surface area contributed by atoms with E-state index in [1.807, 2.05) is 35.2 Å². The van der Waals surface area contributed by atoms with Crippen LogP contribution < -0.4 is 5.32 Å². The van der Waals surface area contributed by atoms with Crippen molar-refractivity contribution in [2.45, 2.75) is 62.7 Å². The van der Waals surface area contributed by atoms with Gasteiger partial charge in [0.25, 0.3) is 0 Å². The lowest BCUT2D eigenvalue weighted by Crippen LogP contribution is -2.42.